The summed E-state index contributed by atoms with van der Waals surface area (Å²) in [6, 6.07) is 10.6. The summed E-state index contributed by atoms with van der Waals surface area (Å²) in [6.45, 7) is 2.08. The first-order chi connectivity index (χ1) is 41.7. The molecule has 462 valence electrons. The Hall–Kier alpha value is -6.87. The fourth-order valence-electron chi connectivity index (χ4n) is 15.0. The number of aliphatic hydroxyl groups is 6. The molecule has 0 amide bonds. The van der Waals surface area contributed by atoms with E-state index in [2.05, 4.69) is 27.5 Å². The van der Waals surface area contributed by atoms with Crippen molar-refractivity contribution in [2.24, 2.45) is 28.3 Å². The Labute approximate surface area is 505 Å². The quantitative estimate of drug-likeness (QED) is 0.0271. The van der Waals surface area contributed by atoms with Crippen LogP contribution in [0.1, 0.15) is 183 Å². The second kappa shape index (κ2) is 25.0. The van der Waals surface area contributed by atoms with E-state index in [1.807, 2.05) is 25.2 Å². The van der Waals surface area contributed by atoms with Gasteiger partial charge in [-0.15, -0.1) is 0 Å². The number of phenols is 1. The van der Waals surface area contributed by atoms with Gasteiger partial charge in [0.25, 0.3) is 0 Å². The Morgan fingerprint density at radius 2 is 1.74 bits per heavy atom. The maximum atomic E-state index is 16.2. The number of fused-ring (bicyclic) bond motifs is 5. The molecule has 0 radical (unpaired) electrons. The van der Waals surface area contributed by atoms with Crippen LogP contribution in [-0.2, 0) is 52.2 Å². The maximum Gasteiger partial charge on any atom is 0.308 e. The number of rotatable bonds is 12. The van der Waals surface area contributed by atoms with E-state index in [4.69, 9.17) is 30.4 Å². The molecule has 11 rings (SSSR count). The molecular formula is C67H79N5O15. The highest BCUT2D eigenvalue weighted by atomic mass is 16.7. The van der Waals surface area contributed by atoms with Crippen molar-refractivity contribution in [3.05, 3.63) is 120 Å². The normalized spacial score (nSPS) is 28.5. The summed E-state index contributed by atoms with van der Waals surface area (Å²) in [4.78, 5) is 63.5. The van der Waals surface area contributed by atoms with Crippen molar-refractivity contribution in [1.29, 1.82) is 0 Å². The molecule has 5 aliphatic carbocycles. The molecule has 0 unspecified atom stereocenters. The second-order valence-electron chi connectivity index (χ2n) is 25.1. The van der Waals surface area contributed by atoms with Gasteiger partial charge >= 0.3 is 5.97 Å². The Morgan fingerprint density at radius 1 is 0.954 bits per heavy atom. The van der Waals surface area contributed by atoms with Gasteiger partial charge in [0.1, 0.15) is 23.4 Å². The number of phenolic OH excluding ortho intramolecular Hbond substituents is 1. The Bertz CT molecular complexity index is 3510. The van der Waals surface area contributed by atoms with Crippen LogP contribution in [0.25, 0.3) is 12.2 Å². The fraction of sp³-hybridized carbons (Fsp3) is 0.507. The fourth-order valence-corrected chi connectivity index (χ4v) is 15.0. The summed E-state index contributed by atoms with van der Waals surface area (Å²) in [5.41, 5.74) is 12.3. The number of hydrogen-bond acceptors (Lipinski definition) is 20. The number of nitrogens with two attached hydrogens (primary N) is 2. The lowest BCUT2D eigenvalue weighted by Crippen LogP contribution is -2.68. The number of carbonyl (C=O) groups is 4. The lowest BCUT2D eigenvalue weighted by molar-refractivity contribution is -0.379. The van der Waals surface area contributed by atoms with Crippen molar-refractivity contribution in [3.63, 3.8) is 0 Å². The molecule has 2 saturated carbocycles. The van der Waals surface area contributed by atoms with Gasteiger partial charge in [-0.05, 0) is 149 Å². The van der Waals surface area contributed by atoms with Gasteiger partial charge in [-0.2, -0.15) is 0 Å². The van der Waals surface area contributed by atoms with E-state index in [1.165, 1.54) is 19.1 Å². The third kappa shape index (κ3) is 11.9. The van der Waals surface area contributed by atoms with E-state index in [-0.39, 0.29) is 99.6 Å². The summed E-state index contributed by atoms with van der Waals surface area (Å²) in [5.74, 6) is -0.783. The van der Waals surface area contributed by atoms with Crippen LogP contribution in [0.2, 0.25) is 0 Å². The number of carbonyl (C=O) groups excluding carboxylic acids is 4. The first-order valence-corrected chi connectivity index (χ1v) is 30.5. The lowest BCUT2D eigenvalue weighted by Gasteiger charge is -2.48. The molecule has 2 heterocycles. The average Bonchev–Trinajstić information content (AvgIpc) is 0.835. The van der Waals surface area contributed by atoms with Crippen molar-refractivity contribution >= 4 is 41.9 Å². The van der Waals surface area contributed by atoms with Crippen molar-refractivity contribution in [2.45, 2.75) is 183 Å². The molecule has 20 heteroatoms. The average molecular weight is 1190 g/mol. The predicted molar refractivity (Wildman–Crippen MR) is 321 cm³/mol. The van der Waals surface area contributed by atoms with E-state index in [0.717, 1.165) is 63.0 Å². The number of hydrogen-bond donors (Lipinski definition) is 11. The van der Waals surface area contributed by atoms with E-state index < -0.39 is 108 Å². The zero-order valence-electron chi connectivity index (χ0n) is 49.4. The number of aryl methyl sites for hydroxylation is 1. The molecule has 0 aromatic heterocycles. The Balaban J connectivity index is 1.14. The van der Waals surface area contributed by atoms with Gasteiger partial charge in [0.2, 0.25) is 12.1 Å². The molecule has 2 aliphatic heterocycles. The van der Waals surface area contributed by atoms with Crippen molar-refractivity contribution in [1.82, 2.24) is 10.6 Å². The highest BCUT2D eigenvalue weighted by molar-refractivity contribution is 6.32. The SMILES string of the molecule is CNC[C@@H]1CC[C@H]2CCc3ccc(Cc4c(O)c5c6c(c4O[C@H]4O[C@@H](C)[C@@H](O)C(O)(O)[C@H]4OC[C@H]4CC7(CCCCC7)NC(N)=N4)CC#C[C@H](N)CC[C@@H](O)Cc4cccc(c4)/C=C/c4c(OC(C)=O)cc(CO)c(c4C6=O)C5=O)c(C=O)c3[C@]2(O)C1. The highest BCUT2D eigenvalue weighted by Crippen LogP contribution is 2.53. The van der Waals surface area contributed by atoms with Crippen LogP contribution < -0.4 is 31.6 Å². The van der Waals surface area contributed by atoms with Crippen molar-refractivity contribution in [3.8, 4) is 29.1 Å². The summed E-state index contributed by atoms with van der Waals surface area (Å²) >= 11 is 0. The van der Waals surface area contributed by atoms with Crippen LogP contribution in [0.5, 0.6) is 17.2 Å². The first-order valence-electron chi connectivity index (χ1n) is 30.5. The number of ketones is 2. The molecular weight excluding hydrogens is 1110 g/mol. The molecule has 3 fully saturated rings. The minimum atomic E-state index is -3.11. The van der Waals surface area contributed by atoms with Crippen LogP contribution in [0.3, 0.4) is 0 Å². The summed E-state index contributed by atoms with van der Waals surface area (Å²) in [6.07, 6.45) is 3.97. The van der Waals surface area contributed by atoms with E-state index in [1.54, 1.807) is 24.3 Å². The third-order valence-electron chi connectivity index (χ3n) is 19.1. The Kier molecular flexibility index (Phi) is 17.7. The van der Waals surface area contributed by atoms with E-state index in [9.17, 15) is 45.3 Å². The monoisotopic (exact) mass is 1190 g/mol. The number of aliphatic imine (C=N–C) groups is 1. The summed E-state index contributed by atoms with van der Waals surface area (Å²) < 4.78 is 25.6. The second-order valence-corrected chi connectivity index (χ2v) is 25.1. The largest absolute Gasteiger partial charge is 0.507 e. The number of ether oxygens (including phenoxy) is 4. The highest BCUT2D eigenvalue weighted by Gasteiger charge is 2.57. The number of guanidine groups is 1. The summed E-state index contributed by atoms with van der Waals surface area (Å²) in [7, 11) is 1.85. The van der Waals surface area contributed by atoms with Crippen LogP contribution in [0.4, 0.5) is 0 Å². The van der Waals surface area contributed by atoms with Gasteiger partial charge in [0.15, 0.2) is 29.9 Å². The number of aliphatic hydroxyl groups excluding tert-OH is 3. The number of aldehydes is 1. The topological polar surface area (TPSA) is 335 Å². The molecule has 1 saturated heterocycles. The number of aromatic hydroxyl groups is 1. The van der Waals surface area contributed by atoms with E-state index in [0.29, 0.717) is 55.2 Å². The van der Waals surface area contributed by atoms with Crippen molar-refractivity contribution < 1.29 is 73.9 Å². The molecule has 1 spiro atoms. The molecule has 13 N–H and O–H groups in total. The number of benzene rings is 4. The first kappa shape index (κ1) is 61.8. The molecule has 87 heavy (non-hydrogen) atoms. The summed E-state index contributed by atoms with van der Waals surface area (Å²) in [5, 5.41) is 91.0. The van der Waals surface area contributed by atoms with Gasteiger partial charge < -0.3 is 76.8 Å². The van der Waals surface area contributed by atoms with Crippen molar-refractivity contribution in [2.75, 3.05) is 20.2 Å². The van der Waals surface area contributed by atoms with Gasteiger partial charge in [-0.25, -0.2) is 4.99 Å². The number of nitrogens with zero attached hydrogens (tertiary/aromatic N) is 1. The van der Waals surface area contributed by atoms with E-state index >= 15 is 9.59 Å². The smallest absolute Gasteiger partial charge is 0.308 e. The van der Waals surface area contributed by atoms with Gasteiger partial charge in [0.05, 0.1) is 48.7 Å². The maximum absolute atomic E-state index is 16.2. The van der Waals surface area contributed by atoms with Crippen LogP contribution in [0, 0.1) is 23.7 Å². The van der Waals surface area contributed by atoms with Crippen LogP contribution in [0.15, 0.2) is 47.5 Å². The van der Waals surface area contributed by atoms with Crippen LogP contribution >= 0.6 is 0 Å². The van der Waals surface area contributed by atoms with Gasteiger partial charge in [-0.3, -0.25) is 19.2 Å². The molecule has 20 nitrogen and oxygen atoms in total. The third-order valence-corrected chi connectivity index (χ3v) is 19.1. The standard InChI is InChI=1S/C67H79N5O15/c1-35-61(80)67(82,83)62(84-34-45-30-65(72-64(69)71-45)23-5-4-6-24-65)63(85-35)87-60-48-12-8-11-44(68)20-21-46(76)26-38-10-7-9-37(25-38)14-22-47-51(86-36(2)75)28-42(32-73)52-53(47)59(79)54(48)55(58(52)78)57(77)49(60)27-41-16-15-40-17-19-43-18-13-39(31-70-3)29-66(43,81)56(40)50(41)33-74/h7,9-10,14-16,22,25,28,33,35,39,43-46,61-63,70,73,76-77,80-83H,4-6,12-13,17-21,23-24,26-27,29-32,34,68H2,1-3H3,(H3,69,71,72)/b22-14+/t35-,39+,43-,44-,45+,46+,61+,62-,63+,66-/m0/s1. The zero-order chi connectivity index (χ0) is 61.7. The Morgan fingerprint density at radius 3 is 2.48 bits per heavy atom. The minimum absolute atomic E-state index is 0.0351. The minimum Gasteiger partial charge on any atom is -0.507 e. The zero-order valence-corrected chi connectivity index (χ0v) is 49.4. The predicted octanol–water partition coefficient (Wildman–Crippen LogP) is 4.43. The van der Waals surface area contributed by atoms with Gasteiger partial charge in [0, 0.05) is 64.2 Å². The van der Waals surface area contributed by atoms with Crippen LogP contribution in [-0.4, -0.2) is 140 Å². The lowest BCUT2D eigenvalue weighted by atomic mass is 9.61. The molecule has 4 aromatic rings. The molecule has 4 aromatic carbocycles. The number of esters is 1. The van der Waals surface area contributed by atoms with Gasteiger partial charge in [-0.1, -0.05) is 73.6 Å². The number of nitrogens with one attached hydrogen (secondary N) is 2. The molecule has 7 aliphatic rings. The molecule has 4 bridgehead atoms. The molecule has 10 atom stereocenters.